The second-order valence-corrected chi connectivity index (χ2v) is 8.11. The monoisotopic (exact) mass is 402 g/mol. The molecule has 0 bridgehead atoms. The van der Waals surface area contributed by atoms with E-state index >= 15 is 0 Å². The Morgan fingerprint density at radius 3 is 2.67 bits per heavy atom. The number of aliphatic hydroxyl groups excluding tert-OH is 1. The van der Waals surface area contributed by atoms with Crippen LogP contribution in [-0.2, 0) is 9.84 Å². The molecule has 1 rings (SSSR count). The number of sulfone groups is 1. The molecule has 102 valence electrons. The fourth-order valence-electron chi connectivity index (χ4n) is 1.53. The molecule has 0 saturated heterocycles. The lowest BCUT2D eigenvalue weighted by atomic mass is 10.1. The van der Waals surface area contributed by atoms with Crippen LogP contribution in [-0.4, -0.2) is 25.0 Å². The average Bonchev–Trinajstić information content (AvgIpc) is 2.32. The summed E-state index contributed by atoms with van der Waals surface area (Å²) in [5, 5.41) is 10.6. The van der Waals surface area contributed by atoms with Crippen molar-refractivity contribution in [2.24, 2.45) is 0 Å². The molecule has 0 saturated carbocycles. The van der Waals surface area contributed by atoms with Crippen molar-refractivity contribution in [1.29, 1.82) is 0 Å². The van der Waals surface area contributed by atoms with Crippen LogP contribution in [0.5, 0.6) is 0 Å². The van der Waals surface area contributed by atoms with Gasteiger partial charge in [-0.25, -0.2) is 8.42 Å². The van der Waals surface area contributed by atoms with E-state index in [1.165, 1.54) is 0 Å². The number of aliphatic hydroxyl groups is 1. The zero-order chi connectivity index (χ0) is 13.8. The highest BCUT2D eigenvalue weighted by atomic mass is 127. The Hall–Kier alpha value is 0.150. The lowest BCUT2D eigenvalue weighted by molar-refractivity contribution is 0.166. The highest BCUT2D eigenvalue weighted by Crippen LogP contribution is 2.25. The topological polar surface area (TPSA) is 54.4 Å². The van der Waals surface area contributed by atoms with Crippen LogP contribution in [0.4, 0.5) is 0 Å². The minimum Gasteiger partial charge on any atom is -0.388 e. The molecule has 1 N–H and O–H groups in total. The first kappa shape index (κ1) is 16.2. The Kier molecular flexibility index (Phi) is 6.37. The standard InChI is InChI=1S/C12H16ClIO3S/c1-2-18(16,17)7-3-4-12(15)9-5-6-11(14)10(13)8-9/h5-6,8,12,15H,2-4,7H2,1H3. The first-order valence-corrected chi connectivity index (χ1v) is 8.97. The van der Waals surface area contributed by atoms with Crippen molar-refractivity contribution in [3.05, 3.63) is 32.4 Å². The van der Waals surface area contributed by atoms with Gasteiger partial charge in [-0.3, -0.25) is 0 Å². The molecule has 1 aromatic rings. The van der Waals surface area contributed by atoms with Crippen molar-refractivity contribution in [1.82, 2.24) is 0 Å². The van der Waals surface area contributed by atoms with Crippen molar-refractivity contribution in [3.63, 3.8) is 0 Å². The van der Waals surface area contributed by atoms with Crippen LogP contribution >= 0.6 is 34.2 Å². The van der Waals surface area contributed by atoms with Gasteiger partial charge in [-0.1, -0.05) is 24.6 Å². The van der Waals surface area contributed by atoms with Gasteiger partial charge in [0, 0.05) is 9.32 Å². The van der Waals surface area contributed by atoms with Gasteiger partial charge in [0.15, 0.2) is 0 Å². The second-order valence-electron chi connectivity index (χ2n) is 4.07. The van der Waals surface area contributed by atoms with Crippen LogP contribution in [0.2, 0.25) is 5.02 Å². The Balaban J connectivity index is 2.55. The molecule has 0 amide bonds. The van der Waals surface area contributed by atoms with Gasteiger partial charge in [-0.2, -0.15) is 0 Å². The van der Waals surface area contributed by atoms with E-state index in [0.717, 1.165) is 9.13 Å². The first-order valence-electron chi connectivity index (χ1n) is 5.69. The van der Waals surface area contributed by atoms with E-state index in [1.807, 2.05) is 12.1 Å². The number of benzene rings is 1. The number of hydrogen-bond donors (Lipinski definition) is 1. The van der Waals surface area contributed by atoms with Gasteiger partial charge in [0.1, 0.15) is 9.84 Å². The molecule has 0 aliphatic heterocycles. The third-order valence-corrected chi connectivity index (χ3v) is 6.06. The van der Waals surface area contributed by atoms with Crippen molar-refractivity contribution >= 4 is 44.0 Å². The zero-order valence-corrected chi connectivity index (χ0v) is 13.8. The van der Waals surface area contributed by atoms with Crippen molar-refractivity contribution in [3.8, 4) is 0 Å². The molecule has 1 unspecified atom stereocenters. The van der Waals surface area contributed by atoms with Gasteiger partial charge < -0.3 is 5.11 Å². The van der Waals surface area contributed by atoms with Crippen LogP contribution in [0.15, 0.2) is 18.2 Å². The van der Waals surface area contributed by atoms with E-state index in [-0.39, 0.29) is 11.5 Å². The number of halogens is 2. The fourth-order valence-corrected chi connectivity index (χ4v) is 2.95. The summed E-state index contributed by atoms with van der Waals surface area (Å²) in [7, 11) is -2.95. The summed E-state index contributed by atoms with van der Waals surface area (Å²) in [5.74, 6) is 0.275. The fraction of sp³-hybridized carbons (Fsp3) is 0.500. The summed E-state index contributed by atoms with van der Waals surface area (Å²) >= 11 is 8.09. The minimum atomic E-state index is -2.95. The highest BCUT2D eigenvalue weighted by Gasteiger charge is 2.12. The Morgan fingerprint density at radius 1 is 1.44 bits per heavy atom. The maximum atomic E-state index is 11.3. The zero-order valence-electron chi connectivity index (χ0n) is 10.1. The SMILES string of the molecule is CCS(=O)(=O)CCCC(O)c1ccc(I)c(Cl)c1. The number of rotatable bonds is 6. The van der Waals surface area contributed by atoms with Crippen molar-refractivity contribution in [2.45, 2.75) is 25.9 Å². The minimum absolute atomic E-state index is 0.124. The van der Waals surface area contributed by atoms with Crippen molar-refractivity contribution < 1.29 is 13.5 Å². The molecule has 3 nitrogen and oxygen atoms in total. The van der Waals surface area contributed by atoms with Gasteiger partial charge in [0.2, 0.25) is 0 Å². The lowest BCUT2D eigenvalue weighted by Crippen LogP contribution is -2.10. The molecular weight excluding hydrogens is 387 g/mol. The third kappa shape index (κ3) is 5.03. The summed E-state index contributed by atoms with van der Waals surface area (Å²) in [6.07, 6.45) is 0.225. The van der Waals surface area contributed by atoms with E-state index in [2.05, 4.69) is 22.6 Å². The van der Waals surface area contributed by atoms with E-state index in [4.69, 9.17) is 11.6 Å². The molecule has 0 aliphatic carbocycles. The summed E-state index contributed by atoms with van der Waals surface area (Å²) < 4.78 is 23.6. The summed E-state index contributed by atoms with van der Waals surface area (Å²) in [6.45, 7) is 1.63. The summed E-state index contributed by atoms with van der Waals surface area (Å²) in [5.41, 5.74) is 0.731. The number of hydrogen-bond acceptors (Lipinski definition) is 3. The maximum Gasteiger partial charge on any atom is 0.150 e. The molecule has 0 radical (unpaired) electrons. The van der Waals surface area contributed by atoms with Crippen LogP contribution in [0.3, 0.4) is 0 Å². The molecule has 18 heavy (non-hydrogen) atoms. The predicted octanol–water partition coefficient (Wildman–Crippen LogP) is 3.19. The molecule has 0 aromatic heterocycles. The molecule has 0 fully saturated rings. The van der Waals surface area contributed by atoms with Gasteiger partial charge in [-0.05, 0) is 53.1 Å². The first-order chi connectivity index (χ1) is 8.35. The Morgan fingerprint density at radius 2 is 2.11 bits per heavy atom. The highest BCUT2D eigenvalue weighted by molar-refractivity contribution is 14.1. The Labute approximate surface area is 127 Å². The van der Waals surface area contributed by atoms with Gasteiger partial charge >= 0.3 is 0 Å². The quantitative estimate of drug-likeness (QED) is 0.744. The van der Waals surface area contributed by atoms with Crippen molar-refractivity contribution in [2.75, 3.05) is 11.5 Å². The van der Waals surface area contributed by atoms with E-state index in [9.17, 15) is 13.5 Å². The summed E-state index contributed by atoms with van der Waals surface area (Å²) in [6, 6.07) is 5.37. The van der Waals surface area contributed by atoms with Crippen LogP contribution < -0.4 is 0 Å². The smallest absolute Gasteiger partial charge is 0.150 e. The maximum absolute atomic E-state index is 11.3. The normalized spacial score (nSPS) is 13.6. The predicted molar refractivity (Wildman–Crippen MR) is 82.7 cm³/mol. The lowest BCUT2D eigenvalue weighted by Gasteiger charge is -2.11. The molecular formula is C12H16ClIO3S. The van der Waals surface area contributed by atoms with Crippen LogP contribution in [0.1, 0.15) is 31.4 Å². The second kappa shape index (κ2) is 7.07. The van der Waals surface area contributed by atoms with Crippen LogP contribution in [0, 0.1) is 3.57 Å². The molecule has 6 heteroatoms. The third-order valence-electron chi connectivity index (χ3n) is 2.70. The van der Waals surface area contributed by atoms with E-state index in [1.54, 1.807) is 13.0 Å². The molecule has 0 spiro atoms. The molecule has 1 aromatic carbocycles. The van der Waals surface area contributed by atoms with Gasteiger partial charge in [0.25, 0.3) is 0 Å². The molecule has 1 atom stereocenters. The van der Waals surface area contributed by atoms with E-state index in [0.29, 0.717) is 17.9 Å². The van der Waals surface area contributed by atoms with Gasteiger partial charge in [0.05, 0.1) is 16.9 Å². The molecule has 0 aliphatic rings. The largest absolute Gasteiger partial charge is 0.388 e. The Bertz CT molecular complexity index is 502. The average molecular weight is 403 g/mol. The van der Waals surface area contributed by atoms with E-state index < -0.39 is 15.9 Å². The van der Waals surface area contributed by atoms with Gasteiger partial charge in [-0.15, -0.1) is 0 Å². The van der Waals surface area contributed by atoms with Crippen LogP contribution in [0.25, 0.3) is 0 Å². The molecule has 0 heterocycles. The summed E-state index contributed by atoms with van der Waals surface area (Å²) in [4.78, 5) is 0.